The zero-order valence-corrected chi connectivity index (χ0v) is 18.4. The molecule has 162 valence electrons. The van der Waals surface area contributed by atoms with Crippen LogP contribution in [0.15, 0.2) is 47.6 Å². The van der Waals surface area contributed by atoms with Crippen molar-refractivity contribution in [3.8, 4) is 0 Å². The molecule has 1 aromatic heterocycles. The van der Waals surface area contributed by atoms with Crippen molar-refractivity contribution in [2.45, 2.75) is 39.0 Å². The van der Waals surface area contributed by atoms with Crippen LogP contribution in [-0.2, 0) is 17.9 Å². The lowest BCUT2D eigenvalue weighted by Gasteiger charge is -2.10. The molecule has 3 aromatic rings. The van der Waals surface area contributed by atoms with Crippen LogP contribution in [0.25, 0.3) is 0 Å². The number of hydrogen-bond donors (Lipinski definition) is 2. The van der Waals surface area contributed by atoms with Crippen LogP contribution in [0, 0.1) is 19.7 Å². The van der Waals surface area contributed by atoms with Crippen molar-refractivity contribution in [3.63, 3.8) is 0 Å². The second kappa shape index (κ2) is 10.2. The number of rotatable bonds is 8. The number of halogens is 1. The number of carbonyl (C=O) groups is 2. The van der Waals surface area contributed by atoms with Crippen LogP contribution in [0.4, 0.5) is 10.1 Å². The number of anilines is 1. The highest BCUT2D eigenvalue weighted by Crippen LogP contribution is 2.20. The van der Waals surface area contributed by atoms with E-state index < -0.39 is 5.82 Å². The Labute approximate surface area is 184 Å². The summed E-state index contributed by atoms with van der Waals surface area (Å²) < 4.78 is 15.2. The van der Waals surface area contributed by atoms with Crippen molar-refractivity contribution in [2.75, 3.05) is 11.1 Å². The van der Waals surface area contributed by atoms with Gasteiger partial charge in [0, 0.05) is 17.8 Å². The summed E-state index contributed by atoms with van der Waals surface area (Å²) in [5.74, 6) is -0.157. The van der Waals surface area contributed by atoms with Gasteiger partial charge in [0.1, 0.15) is 5.82 Å². The lowest BCUT2D eigenvalue weighted by atomic mass is 10.1. The smallest absolute Gasteiger partial charge is 0.251 e. The van der Waals surface area contributed by atoms with Gasteiger partial charge in [-0.05, 0) is 50.6 Å². The minimum Gasteiger partial charge on any atom is -0.345 e. The van der Waals surface area contributed by atoms with Crippen LogP contribution in [0.2, 0.25) is 0 Å². The zero-order valence-electron chi connectivity index (χ0n) is 17.6. The fourth-order valence-corrected chi connectivity index (χ4v) is 3.71. The van der Waals surface area contributed by atoms with E-state index in [1.165, 1.54) is 23.9 Å². The Balaban J connectivity index is 1.58. The van der Waals surface area contributed by atoms with E-state index in [0.29, 0.717) is 28.8 Å². The van der Waals surface area contributed by atoms with Crippen molar-refractivity contribution in [2.24, 2.45) is 0 Å². The third-order valence-electron chi connectivity index (χ3n) is 4.64. The molecule has 0 unspecified atom stereocenters. The number of thioether (sulfide) groups is 1. The molecule has 0 fully saturated rings. The Kier molecular flexibility index (Phi) is 7.41. The fraction of sp³-hybridized carbons (Fsp3) is 0.273. The number of nitrogens with zero attached hydrogens (tertiary/aromatic N) is 3. The van der Waals surface area contributed by atoms with Gasteiger partial charge in [-0.15, -0.1) is 10.2 Å². The van der Waals surface area contributed by atoms with Gasteiger partial charge in [-0.2, -0.15) is 0 Å². The molecule has 0 bridgehead atoms. The predicted octanol–water partition coefficient (Wildman–Crippen LogP) is 3.71. The van der Waals surface area contributed by atoms with E-state index in [2.05, 4.69) is 20.8 Å². The number of hydrogen-bond acceptors (Lipinski definition) is 5. The molecule has 2 N–H and O–H groups in total. The first-order chi connectivity index (χ1) is 14.9. The van der Waals surface area contributed by atoms with Crippen LogP contribution in [0.5, 0.6) is 0 Å². The van der Waals surface area contributed by atoms with Gasteiger partial charge in [0.2, 0.25) is 5.91 Å². The van der Waals surface area contributed by atoms with Crippen molar-refractivity contribution >= 4 is 29.3 Å². The summed E-state index contributed by atoms with van der Waals surface area (Å²) in [6.45, 7) is 6.52. The molecule has 0 aliphatic heterocycles. The van der Waals surface area contributed by atoms with E-state index in [9.17, 15) is 14.0 Å². The summed E-state index contributed by atoms with van der Waals surface area (Å²) in [5, 5.41) is 14.4. The number of amides is 2. The van der Waals surface area contributed by atoms with Crippen molar-refractivity contribution in [1.29, 1.82) is 0 Å². The normalized spacial score (nSPS) is 10.7. The molecule has 0 atom stereocenters. The van der Waals surface area contributed by atoms with Crippen LogP contribution in [-0.4, -0.2) is 32.3 Å². The summed E-state index contributed by atoms with van der Waals surface area (Å²) in [5.41, 5.74) is 2.89. The van der Waals surface area contributed by atoms with Crippen LogP contribution in [0.1, 0.15) is 34.2 Å². The highest BCUT2D eigenvalue weighted by Gasteiger charge is 2.15. The molecule has 2 aromatic carbocycles. The molecular weight excluding hydrogens is 417 g/mol. The number of aromatic nitrogens is 3. The van der Waals surface area contributed by atoms with E-state index in [1.54, 1.807) is 25.1 Å². The van der Waals surface area contributed by atoms with Crippen molar-refractivity contribution < 1.29 is 14.0 Å². The molecule has 0 radical (unpaired) electrons. The first-order valence-corrected chi connectivity index (χ1v) is 10.8. The minimum atomic E-state index is -0.406. The standard InChI is InChI=1S/C22H24FN5O2S/c1-4-28-19(12-24-21(30)16-8-5-14(2)6-9-16)26-27-22(28)31-13-20(29)25-18-11-17(23)10-7-15(18)3/h5-11H,4,12-13H2,1-3H3,(H,24,30)(H,25,29). The molecule has 9 heteroatoms. The van der Waals surface area contributed by atoms with Crippen molar-refractivity contribution in [1.82, 2.24) is 20.1 Å². The highest BCUT2D eigenvalue weighted by molar-refractivity contribution is 7.99. The zero-order chi connectivity index (χ0) is 22.4. The third kappa shape index (κ3) is 5.91. The Hall–Kier alpha value is -3.20. The largest absolute Gasteiger partial charge is 0.345 e. The SMILES string of the molecule is CCn1c(CNC(=O)c2ccc(C)cc2)nnc1SCC(=O)Nc1cc(F)ccc1C. The van der Waals surface area contributed by atoms with Crippen LogP contribution in [0.3, 0.4) is 0 Å². The van der Waals surface area contributed by atoms with E-state index in [0.717, 1.165) is 11.1 Å². The number of benzene rings is 2. The average Bonchev–Trinajstić information content (AvgIpc) is 3.15. The Bertz CT molecular complexity index is 1080. The monoisotopic (exact) mass is 441 g/mol. The van der Waals surface area contributed by atoms with Gasteiger partial charge >= 0.3 is 0 Å². The maximum atomic E-state index is 13.4. The first kappa shape index (κ1) is 22.5. The summed E-state index contributed by atoms with van der Waals surface area (Å²) in [4.78, 5) is 24.6. The summed E-state index contributed by atoms with van der Waals surface area (Å²) in [7, 11) is 0. The average molecular weight is 442 g/mol. The first-order valence-electron chi connectivity index (χ1n) is 9.83. The molecule has 3 rings (SSSR count). The lowest BCUT2D eigenvalue weighted by Crippen LogP contribution is -2.24. The van der Waals surface area contributed by atoms with Gasteiger partial charge in [0.15, 0.2) is 11.0 Å². The van der Waals surface area contributed by atoms with Gasteiger partial charge in [-0.3, -0.25) is 9.59 Å². The molecule has 0 aliphatic carbocycles. The maximum absolute atomic E-state index is 13.4. The second-order valence-electron chi connectivity index (χ2n) is 6.99. The third-order valence-corrected chi connectivity index (χ3v) is 5.60. The number of carbonyl (C=O) groups excluding carboxylic acids is 2. The Morgan fingerprint density at radius 2 is 1.84 bits per heavy atom. The molecule has 0 saturated heterocycles. The molecule has 2 amide bonds. The number of nitrogens with one attached hydrogen (secondary N) is 2. The molecule has 31 heavy (non-hydrogen) atoms. The van der Waals surface area contributed by atoms with Gasteiger partial charge in [-0.1, -0.05) is 35.5 Å². The molecule has 0 aliphatic rings. The highest BCUT2D eigenvalue weighted by atomic mass is 32.2. The maximum Gasteiger partial charge on any atom is 0.251 e. The Morgan fingerprint density at radius 3 is 2.55 bits per heavy atom. The number of aryl methyl sites for hydroxylation is 2. The lowest BCUT2D eigenvalue weighted by molar-refractivity contribution is -0.113. The van der Waals surface area contributed by atoms with E-state index >= 15 is 0 Å². The molecule has 7 nitrogen and oxygen atoms in total. The topological polar surface area (TPSA) is 88.9 Å². The van der Waals surface area contributed by atoms with Gasteiger partial charge in [0.05, 0.1) is 12.3 Å². The fourth-order valence-electron chi connectivity index (χ4n) is 2.89. The summed E-state index contributed by atoms with van der Waals surface area (Å²) in [6, 6.07) is 11.6. The molecular formula is C22H24FN5O2S. The molecule has 0 saturated carbocycles. The van der Waals surface area contributed by atoms with Crippen LogP contribution < -0.4 is 10.6 Å². The summed E-state index contributed by atoms with van der Waals surface area (Å²) >= 11 is 1.23. The summed E-state index contributed by atoms with van der Waals surface area (Å²) in [6.07, 6.45) is 0. The second-order valence-corrected chi connectivity index (χ2v) is 7.93. The molecule has 1 heterocycles. The van der Waals surface area contributed by atoms with Gasteiger partial charge in [0.25, 0.3) is 5.91 Å². The van der Waals surface area contributed by atoms with Gasteiger partial charge < -0.3 is 15.2 Å². The van der Waals surface area contributed by atoms with Crippen LogP contribution >= 0.6 is 11.8 Å². The quantitative estimate of drug-likeness (QED) is 0.520. The van der Waals surface area contributed by atoms with Gasteiger partial charge in [-0.25, -0.2) is 4.39 Å². The predicted molar refractivity (Wildman–Crippen MR) is 119 cm³/mol. The molecule has 0 spiro atoms. The minimum absolute atomic E-state index is 0.101. The Morgan fingerprint density at radius 1 is 1.10 bits per heavy atom. The van der Waals surface area contributed by atoms with E-state index in [-0.39, 0.29) is 24.1 Å². The van der Waals surface area contributed by atoms with E-state index in [4.69, 9.17) is 0 Å². The van der Waals surface area contributed by atoms with Crippen molar-refractivity contribution in [3.05, 3.63) is 70.8 Å². The van der Waals surface area contributed by atoms with E-state index in [1.807, 2.05) is 30.5 Å².